The normalized spacial score (nSPS) is 27.2. The lowest BCUT2D eigenvalue weighted by molar-refractivity contribution is -0.377. The molecule has 0 aromatic rings. The lowest BCUT2D eigenvalue weighted by Gasteiger charge is -2.41. The van der Waals surface area contributed by atoms with Gasteiger partial charge in [0.25, 0.3) is 0 Å². The van der Waals surface area contributed by atoms with Crippen LogP contribution in [0.15, 0.2) is 52.5 Å². The Hall–Kier alpha value is -2.62. The predicted octanol–water partition coefficient (Wildman–Crippen LogP) is 3.22. The van der Waals surface area contributed by atoms with Crippen molar-refractivity contribution in [3.05, 3.63) is 57.8 Å². The number of allylic oxidation sites excluding steroid dienone is 6. The molecule has 2 aliphatic carbocycles. The van der Waals surface area contributed by atoms with Crippen molar-refractivity contribution in [3.8, 4) is 0 Å². The summed E-state index contributed by atoms with van der Waals surface area (Å²) in [4.78, 5) is 4.72. The molecule has 4 aliphatic rings. The van der Waals surface area contributed by atoms with Gasteiger partial charge >= 0.3 is 0 Å². The summed E-state index contributed by atoms with van der Waals surface area (Å²) in [5.74, 6) is 3.40. The van der Waals surface area contributed by atoms with E-state index >= 15 is 0 Å². The Kier molecular flexibility index (Phi) is 8.87. The lowest BCUT2D eigenvalue weighted by atomic mass is 9.69. The molecule has 0 amide bonds. The van der Waals surface area contributed by atoms with Crippen LogP contribution in [-0.4, -0.2) is 79.3 Å². The Morgan fingerprint density at radius 2 is 1.83 bits per heavy atom. The van der Waals surface area contributed by atoms with Gasteiger partial charge in [0.15, 0.2) is 0 Å². The van der Waals surface area contributed by atoms with E-state index in [0.717, 1.165) is 64.3 Å². The molecule has 1 fully saturated rings. The van der Waals surface area contributed by atoms with E-state index < -0.39 is 4.90 Å². The van der Waals surface area contributed by atoms with E-state index in [1.807, 2.05) is 0 Å². The first-order valence-electron chi connectivity index (χ1n) is 13.1. The molecule has 0 aromatic carbocycles. The molecular formula is C27H40N5O4-. The third-order valence-electron chi connectivity index (χ3n) is 7.89. The van der Waals surface area contributed by atoms with Crippen LogP contribution in [0, 0.1) is 34.1 Å². The average molecular weight is 499 g/mol. The first-order chi connectivity index (χ1) is 17.3. The van der Waals surface area contributed by atoms with Crippen LogP contribution in [-0.2, 0) is 9.47 Å². The van der Waals surface area contributed by atoms with Crippen molar-refractivity contribution in [1.82, 2.24) is 15.2 Å². The van der Waals surface area contributed by atoms with Gasteiger partial charge in [-0.1, -0.05) is 25.5 Å². The topological polar surface area (TPSA) is 98.5 Å². The van der Waals surface area contributed by atoms with Crippen molar-refractivity contribution in [1.29, 1.82) is 0 Å². The summed E-state index contributed by atoms with van der Waals surface area (Å²) in [5.41, 5.74) is 5.19. The molecule has 3 atom stereocenters. The molecular weight excluding hydrogens is 458 g/mol. The minimum absolute atomic E-state index is 0.0590. The van der Waals surface area contributed by atoms with Crippen LogP contribution >= 0.6 is 0 Å². The second-order valence-electron chi connectivity index (χ2n) is 10.6. The Bertz CT molecular complexity index is 951. The highest BCUT2D eigenvalue weighted by molar-refractivity contribution is 6.02. The third kappa shape index (κ3) is 6.57. The standard InChI is InChI=1S/C27H40N5O4/c1-19(2)25-16-22(17-26-28-29-27(36-26)21-5-7-24(8-6-21)32(33)34)20(3)15-23(25)18-31-11-9-30(10-12-31)13-14-35-4/h5-8,15,19,22-23,25,29H,9-14,16-18H2,1-4H3/q-1. The maximum atomic E-state index is 10.9. The van der Waals surface area contributed by atoms with E-state index in [4.69, 9.17) is 9.47 Å². The molecule has 0 bridgehead atoms. The fourth-order valence-electron chi connectivity index (χ4n) is 5.63. The van der Waals surface area contributed by atoms with Gasteiger partial charge in [-0.3, -0.25) is 4.90 Å². The van der Waals surface area contributed by atoms with Gasteiger partial charge in [-0.15, -0.1) is 5.10 Å². The van der Waals surface area contributed by atoms with Gasteiger partial charge in [0.05, 0.1) is 6.61 Å². The van der Waals surface area contributed by atoms with Gasteiger partial charge < -0.3 is 24.8 Å². The summed E-state index contributed by atoms with van der Waals surface area (Å²) in [5, 5.41) is 26.2. The maximum Gasteiger partial charge on any atom is 0.222 e. The summed E-state index contributed by atoms with van der Waals surface area (Å²) >= 11 is 0. The minimum atomic E-state index is -0.404. The molecule has 36 heavy (non-hydrogen) atoms. The molecule has 9 nitrogen and oxygen atoms in total. The van der Waals surface area contributed by atoms with Crippen molar-refractivity contribution in [2.75, 3.05) is 53.0 Å². The number of piperazine rings is 1. The molecule has 0 aromatic heterocycles. The highest BCUT2D eigenvalue weighted by atomic mass is 16.8. The zero-order chi connectivity index (χ0) is 25.7. The molecule has 4 rings (SSSR count). The van der Waals surface area contributed by atoms with E-state index in [1.54, 1.807) is 19.3 Å². The number of rotatable bonds is 8. The van der Waals surface area contributed by atoms with Crippen LogP contribution in [0.1, 0.15) is 33.6 Å². The zero-order valence-corrected chi connectivity index (χ0v) is 22.0. The lowest BCUT2D eigenvalue weighted by Crippen LogP contribution is -2.49. The minimum Gasteiger partial charge on any atom is -0.612 e. The van der Waals surface area contributed by atoms with Gasteiger partial charge in [0, 0.05) is 70.5 Å². The molecule has 3 unspecified atom stereocenters. The smallest absolute Gasteiger partial charge is 0.222 e. The monoisotopic (exact) mass is 498 g/mol. The summed E-state index contributed by atoms with van der Waals surface area (Å²) in [7, 11) is 1.77. The number of hydrogen-bond acceptors (Lipinski definition) is 8. The number of nitrogens with one attached hydrogen (secondary N) is 1. The van der Waals surface area contributed by atoms with Crippen molar-refractivity contribution >= 4 is 11.6 Å². The number of hydrazone groups is 1. The van der Waals surface area contributed by atoms with Gasteiger partial charge in [-0.25, -0.2) is 5.43 Å². The van der Waals surface area contributed by atoms with E-state index in [-0.39, 0.29) is 5.71 Å². The van der Waals surface area contributed by atoms with Crippen molar-refractivity contribution in [2.45, 2.75) is 33.6 Å². The van der Waals surface area contributed by atoms with Crippen LogP contribution in [0.3, 0.4) is 0 Å². The molecule has 9 heteroatoms. The van der Waals surface area contributed by atoms with Crippen molar-refractivity contribution in [2.24, 2.45) is 28.8 Å². The molecule has 1 saturated heterocycles. The summed E-state index contributed by atoms with van der Waals surface area (Å²) in [6.07, 6.45) is 10.7. The predicted molar refractivity (Wildman–Crippen MR) is 142 cm³/mol. The quantitative estimate of drug-likeness (QED) is 0.312. The molecule has 0 spiro atoms. The Labute approximate surface area is 214 Å². The Balaban J connectivity index is 1.34. The number of ether oxygens (including phenoxy) is 2. The molecule has 2 aliphatic heterocycles. The third-order valence-corrected chi connectivity index (χ3v) is 7.89. The largest absolute Gasteiger partial charge is 0.612 e. The average Bonchev–Trinajstić information content (AvgIpc) is 3.33. The van der Waals surface area contributed by atoms with E-state index in [2.05, 4.69) is 47.2 Å². The molecule has 0 radical (unpaired) electrons. The fourth-order valence-corrected chi connectivity index (χ4v) is 5.63. The van der Waals surface area contributed by atoms with Gasteiger partial charge in [0.2, 0.25) is 17.5 Å². The second-order valence-corrected chi connectivity index (χ2v) is 10.6. The first kappa shape index (κ1) is 26.4. The highest BCUT2D eigenvalue weighted by Gasteiger charge is 2.34. The highest BCUT2D eigenvalue weighted by Crippen LogP contribution is 2.40. The van der Waals surface area contributed by atoms with E-state index in [1.165, 1.54) is 17.7 Å². The van der Waals surface area contributed by atoms with Gasteiger partial charge in [0.1, 0.15) is 0 Å². The fraction of sp³-hybridized carbons (Fsp3) is 0.630. The number of methoxy groups -OCH3 is 1. The summed E-state index contributed by atoms with van der Waals surface area (Å²) in [6, 6.07) is 0. The van der Waals surface area contributed by atoms with Crippen LogP contribution in [0.5, 0.6) is 0 Å². The Morgan fingerprint density at radius 3 is 2.47 bits per heavy atom. The number of nitrogens with zero attached hydrogens (tertiary/aromatic N) is 4. The van der Waals surface area contributed by atoms with Crippen molar-refractivity contribution < 1.29 is 14.4 Å². The molecule has 2 heterocycles. The summed E-state index contributed by atoms with van der Waals surface area (Å²) < 4.78 is 11.3. The molecule has 0 saturated carbocycles. The number of hydrogen-bond donors (Lipinski definition) is 1. The Morgan fingerprint density at radius 1 is 1.14 bits per heavy atom. The SMILES string of the molecule is COCCN1CCN(CC2C=C(C)C(CC3=NNC(=C4C=CC(=[N+]([O-])[O-])C=C4)O3)CC2C(C)C)CC1. The van der Waals surface area contributed by atoms with Crippen LogP contribution < -0.4 is 5.43 Å². The zero-order valence-electron chi connectivity index (χ0n) is 22.0. The summed E-state index contributed by atoms with van der Waals surface area (Å²) in [6.45, 7) is 14.4. The van der Waals surface area contributed by atoms with E-state index in [0.29, 0.717) is 35.5 Å². The molecule has 198 valence electrons. The van der Waals surface area contributed by atoms with Crippen LogP contribution in [0.2, 0.25) is 0 Å². The van der Waals surface area contributed by atoms with E-state index in [9.17, 15) is 10.4 Å². The van der Waals surface area contributed by atoms with Crippen molar-refractivity contribution in [3.63, 3.8) is 0 Å². The second kappa shape index (κ2) is 12.1. The molecule has 1 N–H and O–H groups in total. The van der Waals surface area contributed by atoms with Crippen LogP contribution in [0.4, 0.5) is 0 Å². The first-order valence-corrected chi connectivity index (χ1v) is 13.1. The van der Waals surface area contributed by atoms with Gasteiger partial charge in [-0.2, -0.15) is 4.90 Å². The van der Waals surface area contributed by atoms with Gasteiger partial charge in [-0.05, 0) is 49.2 Å². The maximum absolute atomic E-state index is 10.9. The van der Waals surface area contributed by atoms with Crippen LogP contribution in [0.25, 0.3) is 0 Å².